The second-order valence-electron chi connectivity index (χ2n) is 6.73. The zero-order valence-electron chi connectivity index (χ0n) is 13.7. The van der Waals surface area contributed by atoms with Gasteiger partial charge in [0.25, 0.3) is 0 Å². The van der Waals surface area contributed by atoms with Crippen molar-refractivity contribution in [3.63, 3.8) is 0 Å². The van der Waals surface area contributed by atoms with Gasteiger partial charge in [-0.15, -0.1) is 0 Å². The molecule has 0 aliphatic heterocycles. The molecule has 0 saturated heterocycles. The number of esters is 1. The van der Waals surface area contributed by atoms with Gasteiger partial charge < -0.3 is 14.2 Å². The smallest absolute Gasteiger partial charge is 0.309 e. The fourth-order valence-corrected chi connectivity index (χ4v) is 2.32. The monoisotopic (exact) mass is 306 g/mol. The van der Waals surface area contributed by atoms with Gasteiger partial charge in [-0.25, -0.2) is 0 Å². The molecule has 1 fully saturated rings. The molecule has 0 radical (unpaired) electrons. The van der Waals surface area contributed by atoms with Crippen LogP contribution in [0.5, 0.6) is 0 Å². The van der Waals surface area contributed by atoms with Gasteiger partial charge in [-0.1, -0.05) is 30.3 Å². The van der Waals surface area contributed by atoms with Crippen LogP contribution in [-0.2, 0) is 25.6 Å². The Bertz CT molecular complexity index is 458. The van der Waals surface area contributed by atoms with Crippen LogP contribution in [0.2, 0.25) is 0 Å². The van der Waals surface area contributed by atoms with Crippen molar-refractivity contribution in [1.82, 2.24) is 0 Å². The minimum absolute atomic E-state index is 0.00513. The van der Waals surface area contributed by atoms with Gasteiger partial charge >= 0.3 is 5.97 Å². The summed E-state index contributed by atoms with van der Waals surface area (Å²) in [6.45, 7) is 7.42. The molecule has 4 heteroatoms. The molecule has 0 heterocycles. The molecule has 22 heavy (non-hydrogen) atoms. The number of ether oxygens (including phenoxy) is 3. The maximum absolute atomic E-state index is 11.8. The van der Waals surface area contributed by atoms with Crippen LogP contribution in [0.1, 0.15) is 39.2 Å². The van der Waals surface area contributed by atoms with Crippen LogP contribution >= 0.6 is 0 Å². The van der Waals surface area contributed by atoms with Gasteiger partial charge in [-0.2, -0.15) is 0 Å². The van der Waals surface area contributed by atoms with Gasteiger partial charge in [0, 0.05) is 0 Å². The van der Waals surface area contributed by atoms with E-state index in [4.69, 9.17) is 14.2 Å². The Morgan fingerprint density at radius 1 is 1.14 bits per heavy atom. The highest BCUT2D eigenvalue weighted by Crippen LogP contribution is 2.32. The second kappa shape index (κ2) is 7.75. The number of hydrogen-bond donors (Lipinski definition) is 0. The van der Waals surface area contributed by atoms with Crippen molar-refractivity contribution < 1.29 is 19.0 Å². The van der Waals surface area contributed by atoms with Crippen LogP contribution < -0.4 is 0 Å². The summed E-state index contributed by atoms with van der Waals surface area (Å²) in [5.74, 6) is -0.109. The Hall–Kier alpha value is -1.39. The third-order valence-corrected chi connectivity index (χ3v) is 3.53. The molecule has 0 aromatic heterocycles. The first-order chi connectivity index (χ1) is 10.4. The highest BCUT2D eigenvalue weighted by molar-refractivity contribution is 5.74. The van der Waals surface area contributed by atoms with E-state index < -0.39 is 5.60 Å². The van der Waals surface area contributed by atoms with Crippen molar-refractivity contribution in [1.29, 1.82) is 0 Å². The van der Waals surface area contributed by atoms with E-state index in [9.17, 15) is 4.79 Å². The largest absolute Gasteiger partial charge is 0.460 e. The summed E-state index contributed by atoms with van der Waals surface area (Å²) >= 11 is 0. The summed E-state index contributed by atoms with van der Waals surface area (Å²) in [5, 5.41) is 0. The Morgan fingerprint density at radius 2 is 1.82 bits per heavy atom. The lowest BCUT2D eigenvalue weighted by Gasteiger charge is -2.35. The highest BCUT2D eigenvalue weighted by atomic mass is 16.6. The Kier molecular flexibility index (Phi) is 5.98. The summed E-state index contributed by atoms with van der Waals surface area (Å²) in [4.78, 5) is 11.8. The summed E-state index contributed by atoms with van der Waals surface area (Å²) < 4.78 is 16.6. The lowest BCUT2D eigenvalue weighted by atomic mass is 9.82. The van der Waals surface area contributed by atoms with Gasteiger partial charge in [0.1, 0.15) is 5.60 Å². The van der Waals surface area contributed by atoms with Crippen LogP contribution in [0.4, 0.5) is 0 Å². The van der Waals surface area contributed by atoms with Gasteiger partial charge in [0.2, 0.25) is 0 Å². The molecule has 0 N–H and O–H groups in total. The number of carbonyl (C=O) groups excluding carboxylic acids is 1. The van der Waals surface area contributed by atoms with E-state index in [1.165, 1.54) is 0 Å². The van der Waals surface area contributed by atoms with Crippen molar-refractivity contribution in [3.8, 4) is 0 Å². The molecule has 0 spiro atoms. The number of carbonyl (C=O) groups is 1. The topological polar surface area (TPSA) is 44.8 Å². The van der Waals surface area contributed by atoms with Gasteiger partial charge in [-0.3, -0.25) is 4.79 Å². The predicted octanol–water partition coefficient (Wildman–Crippen LogP) is 3.34. The van der Waals surface area contributed by atoms with E-state index in [2.05, 4.69) is 0 Å². The molecule has 1 aromatic rings. The summed E-state index contributed by atoms with van der Waals surface area (Å²) in [7, 11) is 0. The lowest BCUT2D eigenvalue weighted by Crippen LogP contribution is -2.40. The van der Waals surface area contributed by atoms with Gasteiger partial charge in [0.15, 0.2) is 0 Å². The third-order valence-electron chi connectivity index (χ3n) is 3.53. The van der Waals surface area contributed by atoms with Crippen LogP contribution in [0.3, 0.4) is 0 Å². The van der Waals surface area contributed by atoms with Crippen molar-refractivity contribution >= 4 is 5.97 Å². The minimum atomic E-state index is -0.408. The van der Waals surface area contributed by atoms with Crippen molar-refractivity contribution in [2.45, 2.75) is 51.9 Å². The maximum Gasteiger partial charge on any atom is 0.309 e. The van der Waals surface area contributed by atoms with Crippen molar-refractivity contribution in [3.05, 3.63) is 35.9 Å². The van der Waals surface area contributed by atoms with E-state index in [1.54, 1.807) is 0 Å². The molecule has 1 aliphatic carbocycles. The molecule has 1 saturated carbocycles. The SMILES string of the molecule is CC(C)(C)OC(=O)C1CC(OCCOCc2ccccc2)C1. The van der Waals surface area contributed by atoms with Crippen molar-refractivity contribution in [2.75, 3.05) is 13.2 Å². The minimum Gasteiger partial charge on any atom is -0.460 e. The van der Waals surface area contributed by atoms with Gasteiger partial charge in [0.05, 0.1) is 31.8 Å². The zero-order chi connectivity index (χ0) is 16.0. The molecule has 2 rings (SSSR count). The third kappa shape index (κ3) is 5.78. The first-order valence-electron chi connectivity index (χ1n) is 7.90. The highest BCUT2D eigenvalue weighted by Gasteiger charge is 2.37. The first kappa shape index (κ1) is 17.0. The summed E-state index contributed by atoms with van der Waals surface area (Å²) in [6.07, 6.45) is 1.68. The molecule has 1 aromatic carbocycles. The molecule has 0 amide bonds. The first-order valence-corrected chi connectivity index (χ1v) is 7.90. The van der Waals surface area contributed by atoms with E-state index >= 15 is 0 Å². The second-order valence-corrected chi connectivity index (χ2v) is 6.73. The average Bonchev–Trinajstić information content (AvgIpc) is 2.39. The number of benzene rings is 1. The molecule has 122 valence electrons. The lowest BCUT2D eigenvalue weighted by molar-refractivity contribution is -0.169. The normalized spacial score (nSPS) is 21.2. The molecule has 0 unspecified atom stereocenters. The van der Waals surface area contributed by atoms with E-state index in [0.29, 0.717) is 19.8 Å². The quantitative estimate of drug-likeness (QED) is 0.572. The zero-order valence-corrected chi connectivity index (χ0v) is 13.7. The summed E-state index contributed by atoms with van der Waals surface area (Å²) in [6, 6.07) is 10.1. The maximum atomic E-state index is 11.8. The Balaban J connectivity index is 1.51. The fourth-order valence-electron chi connectivity index (χ4n) is 2.32. The van der Waals surface area contributed by atoms with Crippen LogP contribution in [0, 0.1) is 5.92 Å². The molecule has 4 nitrogen and oxygen atoms in total. The number of rotatable bonds is 7. The standard InChI is InChI=1S/C18H26O4/c1-18(2,3)22-17(19)15-11-16(12-15)21-10-9-20-13-14-7-5-4-6-8-14/h4-8,15-16H,9-13H2,1-3H3. The van der Waals surface area contributed by atoms with Crippen LogP contribution in [-0.4, -0.2) is 30.9 Å². The van der Waals surface area contributed by atoms with Crippen molar-refractivity contribution in [2.24, 2.45) is 5.92 Å². The van der Waals surface area contributed by atoms with E-state index in [0.717, 1.165) is 18.4 Å². The molecule has 0 bridgehead atoms. The van der Waals surface area contributed by atoms with Gasteiger partial charge in [-0.05, 0) is 39.2 Å². The summed E-state index contributed by atoms with van der Waals surface area (Å²) in [5.41, 5.74) is 0.755. The molecular weight excluding hydrogens is 280 g/mol. The molecule has 1 aliphatic rings. The average molecular weight is 306 g/mol. The predicted molar refractivity (Wildman–Crippen MR) is 84.4 cm³/mol. The fraction of sp³-hybridized carbons (Fsp3) is 0.611. The van der Waals surface area contributed by atoms with Crippen LogP contribution in [0.25, 0.3) is 0 Å². The molecular formula is C18H26O4. The molecule has 0 atom stereocenters. The Labute approximate surface area is 132 Å². The van der Waals surface area contributed by atoms with Crippen LogP contribution in [0.15, 0.2) is 30.3 Å². The number of hydrogen-bond acceptors (Lipinski definition) is 4. The Morgan fingerprint density at radius 3 is 2.45 bits per heavy atom. The van der Waals surface area contributed by atoms with E-state index in [1.807, 2.05) is 51.1 Å². The van der Waals surface area contributed by atoms with E-state index in [-0.39, 0.29) is 18.0 Å².